The van der Waals surface area contributed by atoms with Crippen LogP contribution in [-0.2, 0) is 9.59 Å². The summed E-state index contributed by atoms with van der Waals surface area (Å²) in [6, 6.07) is 12.8. The third-order valence-electron chi connectivity index (χ3n) is 4.40. The number of anilines is 2. The summed E-state index contributed by atoms with van der Waals surface area (Å²) >= 11 is 1.42. The second-order valence-corrected chi connectivity index (χ2v) is 8.02. The molecule has 1 aliphatic rings. The summed E-state index contributed by atoms with van der Waals surface area (Å²) in [5, 5.41) is 5.48. The topological polar surface area (TPSA) is 76.7 Å². The highest BCUT2D eigenvalue weighted by Crippen LogP contribution is 2.32. The van der Waals surface area contributed by atoms with E-state index < -0.39 is 0 Å². The van der Waals surface area contributed by atoms with Crippen LogP contribution in [0.15, 0.2) is 47.4 Å². The van der Waals surface area contributed by atoms with Gasteiger partial charge in [0.05, 0.1) is 25.2 Å². The summed E-state index contributed by atoms with van der Waals surface area (Å²) in [5.74, 6) is 1.27. The Kier molecular flexibility index (Phi) is 6.46. The molecule has 28 heavy (non-hydrogen) atoms. The average Bonchev–Trinajstić information content (AvgIpc) is 3.53. The Labute approximate surface area is 169 Å². The minimum atomic E-state index is -0.342. The van der Waals surface area contributed by atoms with Crippen molar-refractivity contribution in [3.63, 3.8) is 0 Å². The van der Waals surface area contributed by atoms with Gasteiger partial charge in [-0.3, -0.25) is 9.59 Å². The van der Waals surface area contributed by atoms with E-state index in [0.717, 1.165) is 23.4 Å². The molecule has 1 saturated carbocycles. The molecule has 0 spiro atoms. The number of nitrogens with one attached hydrogen (secondary N) is 2. The third-order valence-corrected chi connectivity index (χ3v) is 5.49. The molecule has 7 heteroatoms. The van der Waals surface area contributed by atoms with Crippen LogP contribution in [-0.4, -0.2) is 31.3 Å². The molecule has 1 fully saturated rings. The molecular weight excluding hydrogens is 376 g/mol. The lowest BCUT2D eigenvalue weighted by Gasteiger charge is -2.15. The second kappa shape index (κ2) is 9.01. The molecule has 2 aromatic carbocycles. The van der Waals surface area contributed by atoms with Gasteiger partial charge in [-0.2, -0.15) is 0 Å². The van der Waals surface area contributed by atoms with Crippen LogP contribution in [0.5, 0.6) is 11.5 Å². The number of carbonyl (C=O) groups excluding carboxylic acids is 2. The first kappa shape index (κ1) is 20.1. The highest BCUT2D eigenvalue weighted by Gasteiger charge is 2.29. The Morgan fingerprint density at radius 3 is 2.54 bits per heavy atom. The van der Waals surface area contributed by atoms with Gasteiger partial charge in [0.25, 0.3) is 0 Å². The van der Waals surface area contributed by atoms with Crippen LogP contribution >= 0.6 is 11.8 Å². The first-order valence-electron chi connectivity index (χ1n) is 9.10. The molecule has 1 aliphatic carbocycles. The monoisotopic (exact) mass is 400 g/mol. The fraction of sp³-hybridized carbons (Fsp3) is 0.333. The summed E-state index contributed by atoms with van der Waals surface area (Å²) in [6.45, 7) is 1.84. The lowest BCUT2D eigenvalue weighted by atomic mass is 10.2. The highest BCUT2D eigenvalue weighted by atomic mass is 32.2. The molecule has 0 radical (unpaired) electrons. The van der Waals surface area contributed by atoms with E-state index >= 15 is 0 Å². The van der Waals surface area contributed by atoms with Gasteiger partial charge in [0.1, 0.15) is 11.5 Å². The molecule has 0 aromatic heterocycles. The normalized spacial score (nSPS) is 14.1. The van der Waals surface area contributed by atoms with Crippen molar-refractivity contribution in [2.24, 2.45) is 5.92 Å². The summed E-state index contributed by atoms with van der Waals surface area (Å²) in [4.78, 5) is 25.5. The molecule has 6 nitrogen and oxygen atoms in total. The molecule has 0 bridgehead atoms. The van der Waals surface area contributed by atoms with Crippen molar-refractivity contribution in [3.05, 3.63) is 42.5 Å². The minimum Gasteiger partial charge on any atom is -0.497 e. The van der Waals surface area contributed by atoms with E-state index in [2.05, 4.69) is 10.6 Å². The fourth-order valence-corrected chi connectivity index (χ4v) is 3.57. The maximum atomic E-state index is 12.6. The number of carbonyl (C=O) groups is 2. The van der Waals surface area contributed by atoms with Crippen molar-refractivity contribution in [3.8, 4) is 11.5 Å². The largest absolute Gasteiger partial charge is 0.497 e. The Hall–Kier alpha value is -2.67. The van der Waals surface area contributed by atoms with E-state index in [9.17, 15) is 9.59 Å². The number of ether oxygens (including phenoxy) is 2. The van der Waals surface area contributed by atoms with Gasteiger partial charge < -0.3 is 20.1 Å². The smallest absolute Gasteiger partial charge is 0.237 e. The lowest BCUT2D eigenvalue weighted by Crippen LogP contribution is -2.22. The van der Waals surface area contributed by atoms with Crippen molar-refractivity contribution in [2.45, 2.75) is 29.9 Å². The standard InChI is InChI=1S/C21H24N2O4S/c1-13(20(24)23-18-12-16(26-2)9-10-19(18)27-3)28-17-6-4-5-15(11-17)22-21(25)14-7-8-14/h4-6,9-14H,7-8H2,1-3H3,(H,22,25)(H,23,24). The molecule has 2 amide bonds. The van der Waals surface area contributed by atoms with Crippen LogP contribution in [0.2, 0.25) is 0 Å². The molecule has 148 valence electrons. The van der Waals surface area contributed by atoms with E-state index in [1.165, 1.54) is 11.8 Å². The van der Waals surface area contributed by atoms with Gasteiger partial charge >= 0.3 is 0 Å². The van der Waals surface area contributed by atoms with Gasteiger partial charge in [0.2, 0.25) is 11.8 Å². The summed E-state index contributed by atoms with van der Waals surface area (Å²) < 4.78 is 10.5. The quantitative estimate of drug-likeness (QED) is 0.651. The molecule has 3 rings (SSSR count). The molecule has 1 unspecified atom stereocenters. The van der Waals surface area contributed by atoms with Crippen LogP contribution in [0, 0.1) is 5.92 Å². The van der Waals surface area contributed by atoms with Crippen LogP contribution in [0.4, 0.5) is 11.4 Å². The van der Waals surface area contributed by atoms with E-state index in [1.807, 2.05) is 31.2 Å². The summed E-state index contributed by atoms with van der Waals surface area (Å²) in [5.41, 5.74) is 1.31. The first-order valence-corrected chi connectivity index (χ1v) is 9.98. The maximum Gasteiger partial charge on any atom is 0.237 e. The Balaban J connectivity index is 1.63. The van der Waals surface area contributed by atoms with E-state index in [-0.39, 0.29) is 23.0 Å². The number of hydrogen-bond acceptors (Lipinski definition) is 5. The molecule has 2 N–H and O–H groups in total. The molecular formula is C21H24N2O4S. The Morgan fingerprint density at radius 2 is 1.86 bits per heavy atom. The Bertz CT molecular complexity index is 867. The van der Waals surface area contributed by atoms with E-state index in [0.29, 0.717) is 17.2 Å². The average molecular weight is 401 g/mol. The Morgan fingerprint density at radius 1 is 1.07 bits per heavy atom. The van der Waals surface area contributed by atoms with Crippen LogP contribution in [0.3, 0.4) is 0 Å². The maximum absolute atomic E-state index is 12.6. The van der Waals surface area contributed by atoms with Gasteiger partial charge in [-0.1, -0.05) is 6.07 Å². The third kappa shape index (κ3) is 5.19. The van der Waals surface area contributed by atoms with Crippen LogP contribution in [0.25, 0.3) is 0 Å². The fourth-order valence-electron chi connectivity index (χ4n) is 2.64. The van der Waals surface area contributed by atoms with Gasteiger partial charge in [-0.15, -0.1) is 11.8 Å². The van der Waals surface area contributed by atoms with Crippen molar-refractivity contribution in [1.82, 2.24) is 0 Å². The van der Waals surface area contributed by atoms with Gasteiger partial charge in [0, 0.05) is 22.6 Å². The summed E-state index contributed by atoms with van der Waals surface area (Å²) in [7, 11) is 3.12. The van der Waals surface area contributed by atoms with Crippen LogP contribution in [0.1, 0.15) is 19.8 Å². The van der Waals surface area contributed by atoms with Crippen molar-refractivity contribution < 1.29 is 19.1 Å². The highest BCUT2D eigenvalue weighted by molar-refractivity contribution is 8.00. The summed E-state index contributed by atoms with van der Waals surface area (Å²) in [6.07, 6.45) is 1.93. The zero-order valence-corrected chi connectivity index (χ0v) is 17.0. The van der Waals surface area contributed by atoms with Gasteiger partial charge in [0.15, 0.2) is 0 Å². The zero-order chi connectivity index (χ0) is 20.1. The molecule has 0 saturated heterocycles. The molecule has 0 heterocycles. The predicted octanol–water partition coefficient (Wildman–Crippen LogP) is 4.17. The molecule has 2 aromatic rings. The number of hydrogen-bond donors (Lipinski definition) is 2. The number of rotatable bonds is 8. The minimum absolute atomic E-state index is 0.0676. The number of thioether (sulfide) groups is 1. The van der Waals surface area contributed by atoms with Gasteiger partial charge in [-0.25, -0.2) is 0 Å². The van der Waals surface area contributed by atoms with E-state index in [1.54, 1.807) is 32.4 Å². The van der Waals surface area contributed by atoms with Crippen molar-refractivity contribution in [1.29, 1.82) is 0 Å². The molecule has 1 atom stereocenters. The zero-order valence-electron chi connectivity index (χ0n) is 16.2. The number of methoxy groups -OCH3 is 2. The second-order valence-electron chi connectivity index (χ2n) is 6.61. The van der Waals surface area contributed by atoms with E-state index in [4.69, 9.17) is 9.47 Å². The lowest BCUT2D eigenvalue weighted by molar-refractivity contribution is -0.117. The van der Waals surface area contributed by atoms with Crippen molar-refractivity contribution in [2.75, 3.05) is 24.9 Å². The van der Waals surface area contributed by atoms with Crippen molar-refractivity contribution >= 4 is 35.0 Å². The predicted molar refractivity (Wildman–Crippen MR) is 111 cm³/mol. The van der Waals surface area contributed by atoms with Gasteiger partial charge in [-0.05, 0) is 50.1 Å². The number of benzene rings is 2. The number of amides is 2. The SMILES string of the molecule is COc1ccc(OC)c(NC(=O)C(C)Sc2cccc(NC(=O)C3CC3)c2)c1. The first-order chi connectivity index (χ1) is 13.5. The molecule has 0 aliphatic heterocycles. The van der Waals surface area contributed by atoms with Crippen LogP contribution < -0.4 is 20.1 Å².